The fourth-order valence-electron chi connectivity index (χ4n) is 1.23. The Kier molecular flexibility index (Phi) is 7.05. The summed E-state index contributed by atoms with van der Waals surface area (Å²) in [7, 11) is 0. The largest absolute Gasteiger partial charge is 0.327 e. The van der Waals surface area contributed by atoms with Crippen LogP contribution >= 0.6 is 15.9 Å². The second kappa shape index (κ2) is 7.46. The SMILES string of the molecule is CC.CC(C)c1cccc(Br)c1NC=O. The van der Waals surface area contributed by atoms with Gasteiger partial charge in [-0.3, -0.25) is 4.79 Å². The number of nitrogens with one attached hydrogen (secondary N) is 1. The summed E-state index contributed by atoms with van der Waals surface area (Å²) in [5.74, 6) is 0.403. The number of anilines is 1. The van der Waals surface area contributed by atoms with Crippen LogP contribution in [0.3, 0.4) is 0 Å². The standard InChI is InChI=1S/C10H12BrNO.C2H6/c1-7(2)8-4-3-5-9(11)10(8)12-6-13;1-2/h3-7H,1-2H3,(H,12,13);1-2H3. The predicted octanol–water partition coefficient (Wildman–Crippen LogP) is 4.17. The Morgan fingerprint density at radius 1 is 1.33 bits per heavy atom. The number of hydrogen-bond acceptors (Lipinski definition) is 1. The molecule has 0 aliphatic rings. The van der Waals surface area contributed by atoms with Gasteiger partial charge in [0.1, 0.15) is 0 Å². The number of carbonyl (C=O) groups excluding carboxylic acids is 1. The quantitative estimate of drug-likeness (QED) is 0.822. The van der Waals surface area contributed by atoms with Gasteiger partial charge in [-0.05, 0) is 33.5 Å². The van der Waals surface area contributed by atoms with Crippen molar-refractivity contribution in [3.63, 3.8) is 0 Å². The maximum absolute atomic E-state index is 10.4. The molecule has 1 aromatic carbocycles. The zero-order chi connectivity index (χ0) is 11.8. The van der Waals surface area contributed by atoms with Crippen molar-refractivity contribution in [3.8, 4) is 0 Å². The fraction of sp³-hybridized carbons (Fsp3) is 0.417. The van der Waals surface area contributed by atoms with Crippen molar-refractivity contribution < 1.29 is 4.79 Å². The molecule has 0 saturated heterocycles. The highest BCUT2D eigenvalue weighted by Crippen LogP contribution is 2.30. The molecule has 0 heterocycles. The summed E-state index contributed by atoms with van der Waals surface area (Å²) in [5, 5.41) is 2.70. The van der Waals surface area contributed by atoms with Gasteiger partial charge in [0.15, 0.2) is 0 Å². The molecule has 15 heavy (non-hydrogen) atoms. The lowest BCUT2D eigenvalue weighted by Gasteiger charge is -2.12. The topological polar surface area (TPSA) is 29.1 Å². The van der Waals surface area contributed by atoms with E-state index in [0.717, 1.165) is 15.7 Å². The molecule has 0 radical (unpaired) electrons. The number of rotatable bonds is 3. The summed E-state index contributed by atoms with van der Waals surface area (Å²) in [5.41, 5.74) is 2.01. The van der Waals surface area contributed by atoms with Crippen molar-refractivity contribution in [1.82, 2.24) is 0 Å². The lowest BCUT2D eigenvalue weighted by Crippen LogP contribution is -2.01. The van der Waals surface area contributed by atoms with E-state index >= 15 is 0 Å². The Balaban J connectivity index is 0.000000921. The molecule has 3 heteroatoms. The lowest BCUT2D eigenvalue weighted by atomic mass is 10.0. The summed E-state index contributed by atoms with van der Waals surface area (Å²) >= 11 is 3.40. The van der Waals surface area contributed by atoms with E-state index in [2.05, 4.69) is 35.1 Å². The van der Waals surface area contributed by atoms with E-state index in [0.29, 0.717) is 12.3 Å². The van der Waals surface area contributed by atoms with E-state index in [9.17, 15) is 4.79 Å². The molecule has 0 bridgehead atoms. The number of amides is 1. The minimum absolute atomic E-state index is 0.403. The van der Waals surface area contributed by atoms with Crippen molar-refractivity contribution in [3.05, 3.63) is 28.2 Å². The number of para-hydroxylation sites is 1. The van der Waals surface area contributed by atoms with E-state index < -0.39 is 0 Å². The average Bonchev–Trinajstić information content (AvgIpc) is 2.24. The third-order valence-corrected chi connectivity index (χ3v) is 2.53. The van der Waals surface area contributed by atoms with Crippen molar-refractivity contribution in [2.24, 2.45) is 0 Å². The van der Waals surface area contributed by atoms with Crippen molar-refractivity contribution in [2.45, 2.75) is 33.6 Å². The molecule has 0 spiro atoms. The number of hydrogen-bond donors (Lipinski definition) is 1. The Morgan fingerprint density at radius 2 is 1.93 bits per heavy atom. The second-order valence-corrected chi connectivity index (χ2v) is 3.98. The first-order chi connectivity index (χ1) is 7.16. The van der Waals surface area contributed by atoms with Crippen LogP contribution in [0.2, 0.25) is 0 Å². The lowest BCUT2D eigenvalue weighted by molar-refractivity contribution is -0.105. The Morgan fingerprint density at radius 3 is 2.40 bits per heavy atom. The van der Waals surface area contributed by atoms with Gasteiger partial charge in [0.2, 0.25) is 6.41 Å². The molecule has 0 fully saturated rings. The zero-order valence-electron chi connectivity index (χ0n) is 9.67. The first-order valence-corrected chi connectivity index (χ1v) is 5.94. The van der Waals surface area contributed by atoms with Crippen LogP contribution < -0.4 is 5.32 Å². The molecular weight excluding hydrogens is 254 g/mol. The van der Waals surface area contributed by atoms with Gasteiger partial charge in [0, 0.05) is 4.47 Å². The molecule has 0 saturated carbocycles. The van der Waals surface area contributed by atoms with Gasteiger partial charge >= 0.3 is 0 Å². The smallest absolute Gasteiger partial charge is 0.211 e. The summed E-state index contributed by atoms with van der Waals surface area (Å²) in [6.45, 7) is 8.19. The monoisotopic (exact) mass is 271 g/mol. The molecule has 2 nitrogen and oxygen atoms in total. The van der Waals surface area contributed by atoms with Crippen molar-refractivity contribution in [1.29, 1.82) is 0 Å². The van der Waals surface area contributed by atoms with Gasteiger partial charge in [-0.25, -0.2) is 0 Å². The molecule has 1 amide bonds. The highest BCUT2D eigenvalue weighted by Gasteiger charge is 2.08. The summed E-state index contributed by atoms with van der Waals surface area (Å²) < 4.78 is 0.922. The van der Waals surface area contributed by atoms with E-state index in [4.69, 9.17) is 0 Å². The van der Waals surface area contributed by atoms with E-state index in [1.54, 1.807) is 0 Å². The van der Waals surface area contributed by atoms with Crippen LogP contribution in [0.25, 0.3) is 0 Å². The van der Waals surface area contributed by atoms with Crippen LogP contribution in [0.1, 0.15) is 39.2 Å². The number of benzene rings is 1. The van der Waals surface area contributed by atoms with Gasteiger partial charge in [0.05, 0.1) is 5.69 Å². The van der Waals surface area contributed by atoms with Gasteiger partial charge < -0.3 is 5.32 Å². The van der Waals surface area contributed by atoms with Crippen LogP contribution in [-0.4, -0.2) is 6.41 Å². The summed E-state index contributed by atoms with van der Waals surface area (Å²) in [4.78, 5) is 10.4. The average molecular weight is 272 g/mol. The molecule has 1 N–H and O–H groups in total. The molecule has 84 valence electrons. The highest BCUT2D eigenvalue weighted by molar-refractivity contribution is 9.10. The fourth-order valence-corrected chi connectivity index (χ4v) is 1.73. The third-order valence-electron chi connectivity index (χ3n) is 1.87. The van der Waals surface area contributed by atoms with Crippen LogP contribution in [-0.2, 0) is 4.79 Å². The molecule has 0 aliphatic carbocycles. The first-order valence-electron chi connectivity index (χ1n) is 5.15. The molecule has 1 aromatic rings. The minimum atomic E-state index is 0.403. The van der Waals surface area contributed by atoms with E-state index in [1.165, 1.54) is 0 Å². The zero-order valence-corrected chi connectivity index (χ0v) is 11.3. The van der Waals surface area contributed by atoms with Gasteiger partial charge in [-0.2, -0.15) is 0 Å². The van der Waals surface area contributed by atoms with E-state index in [-0.39, 0.29) is 0 Å². The normalized spacial score (nSPS) is 9.20. The third kappa shape index (κ3) is 4.04. The molecule has 0 unspecified atom stereocenters. The van der Waals surface area contributed by atoms with Gasteiger partial charge in [0.25, 0.3) is 0 Å². The Hall–Kier alpha value is -0.830. The van der Waals surface area contributed by atoms with Crippen LogP contribution in [0.15, 0.2) is 22.7 Å². The molecule has 1 rings (SSSR count). The molecular formula is C12H18BrNO. The van der Waals surface area contributed by atoms with Crippen LogP contribution in [0.5, 0.6) is 0 Å². The number of halogens is 1. The van der Waals surface area contributed by atoms with Crippen molar-refractivity contribution >= 4 is 28.0 Å². The van der Waals surface area contributed by atoms with Gasteiger partial charge in [-0.15, -0.1) is 0 Å². The highest BCUT2D eigenvalue weighted by atomic mass is 79.9. The number of carbonyl (C=O) groups is 1. The second-order valence-electron chi connectivity index (χ2n) is 3.12. The Bertz CT molecular complexity index is 310. The van der Waals surface area contributed by atoms with Crippen molar-refractivity contribution in [2.75, 3.05) is 5.32 Å². The molecule has 0 aromatic heterocycles. The minimum Gasteiger partial charge on any atom is -0.327 e. The maximum Gasteiger partial charge on any atom is 0.211 e. The summed E-state index contributed by atoms with van der Waals surface area (Å²) in [6.07, 6.45) is 0.700. The van der Waals surface area contributed by atoms with E-state index in [1.807, 2.05) is 32.0 Å². The van der Waals surface area contributed by atoms with Crippen LogP contribution in [0, 0.1) is 0 Å². The molecule has 0 aliphatic heterocycles. The maximum atomic E-state index is 10.4. The summed E-state index contributed by atoms with van der Waals surface area (Å²) in [6, 6.07) is 5.90. The first kappa shape index (κ1) is 14.2. The molecule has 0 atom stereocenters. The van der Waals surface area contributed by atoms with Gasteiger partial charge in [-0.1, -0.05) is 39.8 Å². The predicted molar refractivity (Wildman–Crippen MR) is 69.3 cm³/mol. The Labute approximate surface area is 100 Å². The van der Waals surface area contributed by atoms with Crippen LogP contribution in [0.4, 0.5) is 5.69 Å².